The Balaban J connectivity index is 1.85. The second-order valence-corrected chi connectivity index (χ2v) is 6.86. The summed E-state index contributed by atoms with van der Waals surface area (Å²) in [6, 6.07) is 11.0. The predicted molar refractivity (Wildman–Crippen MR) is 85.0 cm³/mol. The minimum atomic E-state index is 0.718. The first-order valence-electron chi connectivity index (χ1n) is 7.49. The number of hydrogen-bond acceptors (Lipinski definition) is 1. The van der Waals surface area contributed by atoms with Gasteiger partial charge in [-0.2, -0.15) is 0 Å². The molecule has 1 saturated carbocycles. The number of unbranched alkanes of at least 4 members (excludes halogenated alkanes) is 1. The fourth-order valence-corrected chi connectivity index (χ4v) is 3.95. The fraction of sp³-hybridized carbons (Fsp3) is 0.647. The molecule has 0 spiro atoms. The van der Waals surface area contributed by atoms with Gasteiger partial charge in [-0.1, -0.05) is 52.7 Å². The molecule has 0 amide bonds. The Hall–Kier alpha value is -0.340. The Labute approximate surface area is 125 Å². The molecule has 2 rings (SSSR count). The number of methoxy groups -OCH3 is 1. The number of halogens is 1. The van der Waals surface area contributed by atoms with Crippen LogP contribution in [0.3, 0.4) is 0 Å². The van der Waals surface area contributed by atoms with E-state index in [0.29, 0.717) is 0 Å². The van der Waals surface area contributed by atoms with Crippen molar-refractivity contribution in [3.8, 4) is 0 Å². The van der Waals surface area contributed by atoms with Crippen molar-refractivity contribution < 1.29 is 4.74 Å². The van der Waals surface area contributed by atoms with Gasteiger partial charge >= 0.3 is 0 Å². The van der Waals surface area contributed by atoms with Crippen LogP contribution >= 0.6 is 15.9 Å². The summed E-state index contributed by atoms with van der Waals surface area (Å²) < 4.78 is 5.14. The van der Waals surface area contributed by atoms with E-state index in [2.05, 4.69) is 46.3 Å². The van der Waals surface area contributed by atoms with Crippen molar-refractivity contribution >= 4 is 15.9 Å². The zero-order valence-electron chi connectivity index (χ0n) is 11.9. The maximum atomic E-state index is 5.14. The summed E-state index contributed by atoms with van der Waals surface area (Å²) in [4.78, 5) is 0.718. The van der Waals surface area contributed by atoms with Gasteiger partial charge in [0.2, 0.25) is 0 Å². The van der Waals surface area contributed by atoms with Crippen LogP contribution in [0.2, 0.25) is 0 Å². The van der Waals surface area contributed by atoms with Gasteiger partial charge in [0, 0.05) is 18.5 Å². The van der Waals surface area contributed by atoms with Crippen molar-refractivity contribution in [3.05, 3.63) is 35.9 Å². The molecule has 0 N–H and O–H groups in total. The highest BCUT2D eigenvalue weighted by Gasteiger charge is 2.29. The van der Waals surface area contributed by atoms with Crippen LogP contribution in [0.4, 0.5) is 0 Å². The summed E-state index contributed by atoms with van der Waals surface area (Å²) >= 11 is 3.89. The first-order valence-corrected chi connectivity index (χ1v) is 8.40. The van der Waals surface area contributed by atoms with E-state index in [4.69, 9.17) is 4.74 Å². The van der Waals surface area contributed by atoms with Gasteiger partial charge in [0.15, 0.2) is 0 Å². The smallest absolute Gasteiger partial charge is 0.0462 e. The summed E-state index contributed by atoms with van der Waals surface area (Å²) in [6.45, 7) is 0.905. The lowest BCUT2D eigenvalue weighted by molar-refractivity contribution is 0.188. The molecule has 19 heavy (non-hydrogen) atoms. The summed E-state index contributed by atoms with van der Waals surface area (Å²) in [6.07, 6.45) is 7.81. The van der Waals surface area contributed by atoms with Crippen LogP contribution in [0, 0.1) is 5.92 Å². The van der Waals surface area contributed by atoms with Crippen LogP contribution in [0.25, 0.3) is 0 Å². The van der Waals surface area contributed by atoms with Gasteiger partial charge in [0.1, 0.15) is 0 Å². The van der Waals surface area contributed by atoms with E-state index in [1.54, 1.807) is 7.11 Å². The zero-order valence-corrected chi connectivity index (χ0v) is 13.4. The van der Waals surface area contributed by atoms with Crippen LogP contribution in [0.5, 0.6) is 0 Å². The molecule has 0 aliphatic heterocycles. The van der Waals surface area contributed by atoms with Gasteiger partial charge < -0.3 is 4.74 Å². The number of alkyl halides is 1. The molecule has 1 aromatic rings. The van der Waals surface area contributed by atoms with E-state index < -0.39 is 0 Å². The van der Waals surface area contributed by atoms with Crippen LogP contribution in [0.15, 0.2) is 30.3 Å². The van der Waals surface area contributed by atoms with E-state index in [1.165, 1.54) is 44.1 Å². The maximum absolute atomic E-state index is 5.14. The van der Waals surface area contributed by atoms with Gasteiger partial charge in [-0.15, -0.1) is 0 Å². The zero-order chi connectivity index (χ0) is 13.5. The second kappa shape index (κ2) is 8.06. The Bertz CT molecular complexity index is 352. The predicted octanol–water partition coefficient (Wildman–Crippen LogP) is 5.15. The second-order valence-electron chi connectivity index (χ2n) is 5.69. The summed E-state index contributed by atoms with van der Waals surface area (Å²) in [5.41, 5.74) is 1.53. The molecule has 0 aromatic heterocycles. The topological polar surface area (TPSA) is 9.23 Å². The molecule has 3 atom stereocenters. The molecule has 2 heteroatoms. The summed E-state index contributed by atoms with van der Waals surface area (Å²) in [5, 5.41) is 0. The molecule has 0 radical (unpaired) electrons. The van der Waals surface area contributed by atoms with Crippen LogP contribution < -0.4 is 0 Å². The molecule has 0 heterocycles. The highest BCUT2D eigenvalue weighted by Crippen LogP contribution is 2.41. The summed E-state index contributed by atoms with van der Waals surface area (Å²) in [7, 11) is 1.79. The minimum Gasteiger partial charge on any atom is -0.385 e. The third-order valence-corrected chi connectivity index (χ3v) is 5.54. The largest absolute Gasteiger partial charge is 0.385 e. The Morgan fingerprint density at radius 3 is 2.68 bits per heavy atom. The highest BCUT2D eigenvalue weighted by atomic mass is 79.9. The molecule has 1 nitrogen and oxygen atoms in total. The van der Waals surface area contributed by atoms with Gasteiger partial charge in [0.25, 0.3) is 0 Å². The normalized spacial score (nSPS) is 27.4. The van der Waals surface area contributed by atoms with Crippen molar-refractivity contribution in [2.75, 3.05) is 13.7 Å². The first-order chi connectivity index (χ1) is 9.31. The quantitative estimate of drug-likeness (QED) is 0.519. The Morgan fingerprint density at radius 2 is 1.95 bits per heavy atom. The standard InChI is InChI=1S/C17H25BrO/c1-19-12-6-5-9-16-13-15(10-11-17(16)18)14-7-3-2-4-8-14/h2-4,7-8,15-17H,5-6,9-13H2,1H3. The van der Waals surface area contributed by atoms with Crippen LogP contribution in [-0.4, -0.2) is 18.5 Å². The molecular weight excluding hydrogens is 300 g/mol. The fourth-order valence-electron chi connectivity index (χ4n) is 3.21. The average molecular weight is 325 g/mol. The number of hydrogen-bond donors (Lipinski definition) is 0. The lowest BCUT2D eigenvalue weighted by atomic mass is 9.76. The van der Waals surface area contributed by atoms with Crippen molar-refractivity contribution in [3.63, 3.8) is 0 Å². The van der Waals surface area contributed by atoms with Crippen LogP contribution in [-0.2, 0) is 4.74 Å². The van der Waals surface area contributed by atoms with Crippen molar-refractivity contribution in [2.24, 2.45) is 5.92 Å². The third kappa shape index (κ3) is 4.61. The number of ether oxygens (including phenoxy) is 1. The minimum absolute atomic E-state index is 0.718. The maximum Gasteiger partial charge on any atom is 0.0462 e. The van der Waals surface area contributed by atoms with E-state index in [1.807, 2.05) is 0 Å². The highest BCUT2D eigenvalue weighted by molar-refractivity contribution is 9.09. The first kappa shape index (κ1) is 15.1. The molecule has 1 fully saturated rings. The molecule has 1 aliphatic rings. The Kier molecular flexibility index (Phi) is 6.39. The van der Waals surface area contributed by atoms with Gasteiger partial charge in [0.05, 0.1) is 0 Å². The number of benzene rings is 1. The van der Waals surface area contributed by atoms with Gasteiger partial charge in [-0.25, -0.2) is 0 Å². The van der Waals surface area contributed by atoms with E-state index >= 15 is 0 Å². The third-order valence-electron chi connectivity index (χ3n) is 4.33. The molecule has 106 valence electrons. The summed E-state index contributed by atoms with van der Waals surface area (Å²) in [5.74, 6) is 1.60. The van der Waals surface area contributed by atoms with E-state index in [0.717, 1.165) is 23.3 Å². The monoisotopic (exact) mass is 324 g/mol. The molecule has 0 saturated heterocycles. The lowest BCUT2D eigenvalue weighted by Gasteiger charge is -2.33. The SMILES string of the molecule is COCCCCC1CC(c2ccccc2)CCC1Br. The van der Waals surface area contributed by atoms with E-state index in [9.17, 15) is 0 Å². The average Bonchev–Trinajstić information content (AvgIpc) is 2.46. The Morgan fingerprint density at radius 1 is 1.16 bits per heavy atom. The molecular formula is C17H25BrO. The molecule has 1 aliphatic carbocycles. The lowest BCUT2D eigenvalue weighted by Crippen LogP contribution is -2.24. The van der Waals surface area contributed by atoms with Crippen molar-refractivity contribution in [2.45, 2.75) is 49.3 Å². The van der Waals surface area contributed by atoms with E-state index in [-0.39, 0.29) is 0 Å². The molecule has 1 aromatic carbocycles. The van der Waals surface area contributed by atoms with Crippen molar-refractivity contribution in [1.29, 1.82) is 0 Å². The van der Waals surface area contributed by atoms with Crippen LogP contribution in [0.1, 0.15) is 50.0 Å². The van der Waals surface area contributed by atoms with Crippen molar-refractivity contribution in [1.82, 2.24) is 0 Å². The van der Waals surface area contributed by atoms with Gasteiger partial charge in [-0.3, -0.25) is 0 Å². The molecule has 3 unspecified atom stereocenters. The molecule has 0 bridgehead atoms. The number of rotatable bonds is 6. The van der Waals surface area contributed by atoms with Gasteiger partial charge in [-0.05, 0) is 49.5 Å².